The number of methoxy groups -OCH3 is 1. The highest BCUT2D eigenvalue weighted by Gasteiger charge is 2.28. The molecule has 1 fully saturated rings. The van der Waals surface area contributed by atoms with E-state index in [9.17, 15) is 0 Å². The number of rotatable bonds is 6. The van der Waals surface area contributed by atoms with Gasteiger partial charge in [0, 0.05) is 12.6 Å². The van der Waals surface area contributed by atoms with Crippen molar-refractivity contribution >= 4 is 0 Å². The molecule has 0 aliphatic heterocycles. The Labute approximate surface area is 116 Å². The molecule has 0 aromatic heterocycles. The van der Waals surface area contributed by atoms with E-state index in [0.717, 1.165) is 29.9 Å². The zero-order chi connectivity index (χ0) is 13.7. The van der Waals surface area contributed by atoms with Gasteiger partial charge in [-0.3, -0.25) is 0 Å². The smallest absolute Gasteiger partial charge is 0.161 e. The first-order valence-corrected chi connectivity index (χ1v) is 7.21. The van der Waals surface area contributed by atoms with Crippen molar-refractivity contribution in [3.05, 3.63) is 24.3 Å². The molecule has 3 unspecified atom stereocenters. The minimum absolute atomic E-state index is 0.649. The Morgan fingerprint density at radius 1 is 1.16 bits per heavy atom. The van der Waals surface area contributed by atoms with Crippen molar-refractivity contribution in [3.63, 3.8) is 0 Å². The van der Waals surface area contributed by atoms with Crippen LogP contribution in [0.4, 0.5) is 0 Å². The molecule has 1 saturated carbocycles. The zero-order valence-corrected chi connectivity index (χ0v) is 12.2. The molecule has 0 amide bonds. The fourth-order valence-corrected chi connectivity index (χ4v) is 2.80. The van der Waals surface area contributed by atoms with Crippen molar-refractivity contribution in [2.75, 3.05) is 20.3 Å². The van der Waals surface area contributed by atoms with Crippen LogP contribution in [-0.2, 0) is 0 Å². The molecular formula is C16H25NO2. The quantitative estimate of drug-likeness (QED) is 0.800. The fraction of sp³-hybridized carbons (Fsp3) is 0.625. The van der Waals surface area contributed by atoms with Gasteiger partial charge >= 0.3 is 0 Å². The topological polar surface area (TPSA) is 30.5 Å². The normalized spacial score (nSPS) is 26.4. The molecule has 1 aromatic carbocycles. The second-order valence-corrected chi connectivity index (χ2v) is 5.47. The van der Waals surface area contributed by atoms with E-state index in [1.54, 1.807) is 7.11 Å². The summed E-state index contributed by atoms with van der Waals surface area (Å²) in [4.78, 5) is 0. The van der Waals surface area contributed by atoms with Crippen molar-refractivity contribution in [2.24, 2.45) is 11.8 Å². The van der Waals surface area contributed by atoms with Crippen molar-refractivity contribution in [1.82, 2.24) is 5.32 Å². The summed E-state index contributed by atoms with van der Waals surface area (Å²) in [5.74, 6) is 3.23. The van der Waals surface area contributed by atoms with Crippen LogP contribution in [-0.4, -0.2) is 26.3 Å². The molecule has 1 aliphatic carbocycles. The van der Waals surface area contributed by atoms with Gasteiger partial charge in [-0.25, -0.2) is 0 Å². The Hall–Kier alpha value is -1.22. The summed E-state index contributed by atoms with van der Waals surface area (Å²) < 4.78 is 11.0. The van der Waals surface area contributed by atoms with Crippen molar-refractivity contribution in [1.29, 1.82) is 0 Å². The summed E-state index contributed by atoms with van der Waals surface area (Å²) in [6.45, 7) is 6.26. The van der Waals surface area contributed by atoms with E-state index in [4.69, 9.17) is 9.47 Å². The standard InChI is InChI=1S/C16H25NO2/c1-12-8-9-14(13(12)2)17-10-11-19-16-7-5-4-6-15(16)18-3/h4-7,12-14,17H,8-11H2,1-3H3. The SMILES string of the molecule is COc1ccccc1OCCNC1CCC(C)C1C. The first-order valence-electron chi connectivity index (χ1n) is 7.21. The maximum absolute atomic E-state index is 5.76. The molecular weight excluding hydrogens is 238 g/mol. The number of hydrogen-bond acceptors (Lipinski definition) is 3. The highest BCUT2D eigenvalue weighted by Crippen LogP contribution is 2.31. The van der Waals surface area contributed by atoms with E-state index in [-0.39, 0.29) is 0 Å². The first kappa shape index (κ1) is 14.2. The van der Waals surface area contributed by atoms with Gasteiger partial charge in [-0.1, -0.05) is 26.0 Å². The molecule has 3 atom stereocenters. The lowest BCUT2D eigenvalue weighted by molar-refractivity contribution is 0.276. The first-order chi connectivity index (χ1) is 9.22. The average molecular weight is 263 g/mol. The molecule has 0 spiro atoms. The monoisotopic (exact) mass is 263 g/mol. The summed E-state index contributed by atoms with van der Waals surface area (Å²) in [5, 5.41) is 3.60. The summed E-state index contributed by atoms with van der Waals surface area (Å²) in [6.07, 6.45) is 2.63. The van der Waals surface area contributed by atoms with Gasteiger partial charge in [0.05, 0.1) is 7.11 Å². The van der Waals surface area contributed by atoms with Crippen LogP contribution in [0.3, 0.4) is 0 Å². The second kappa shape index (κ2) is 6.80. The van der Waals surface area contributed by atoms with Gasteiger partial charge in [0.25, 0.3) is 0 Å². The highest BCUT2D eigenvalue weighted by molar-refractivity contribution is 5.39. The number of para-hydroxylation sites is 2. The number of hydrogen-bond donors (Lipinski definition) is 1. The molecule has 3 heteroatoms. The number of ether oxygens (including phenoxy) is 2. The number of benzene rings is 1. The van der Waals surface area contributed by atoms with Crippen LogP contribution in [0.5, 0.6) is 11.5 Å². The summed E-state index contributed by atoms with van der Waals surface area (Å²) in [7, 11) is 1.67. The van der Waals surface area contributed by atoms with Crippen LogP contribution in [0.25, 0.3) is 0 Å². The number of nitrogens with one attached hydrogen (secondary N) is 1. The van der Waals surface area contributed by atoms with Crippen LogP contribution in [0.1, 0.15) is 26.7 Å². The molecule has 0 radical (unpaired) electrons. The van der Waals surface area contributed by atoms with Gasteiger partial charge in [0.15, 0.2) is 11.5 Å². The van der Waals surface area contributed by atoms with Crippen LogP contribution < -0.4 is 14.8 Å². The van der Waals surface area contributed by atoms with Crippen molar-refractivity contribution < 1.29 is 9.47 Å². The van der Waals surface area contributed by atoms with Gasteiger partial charge < -0.3 is 14.8 Å². The fourth-order valence-electron chi connectivity index (χ4n) is 2.80. The van der Waals surface area contributed by atoms with Gasteiger partial charge in [0.1, 0.15) is 6.61 Å². The van der Waals surface area contributed by atoms with E-state index >= 15 is 0 Å². The Balaban J connectivity index is 1.72. The Bertz CT molecular complexity index is 394. The van der Waals surface area contributed by atoms with Crippen molar-refractivity contribution in [2.45, 2.75) is 32.7 Å². The van der Waals surface area contributed by atoms with E-state index in [0.29, 0.717) is 12.6 Å². The Kier molecular flexibility index (Phi) is 5.08. The van der Waals surface area contributed by atoms with E-state index < -0.39 is 0 Å². The van der Waals surface area contributed by atoms with Crippen LogP contribution in [0.15, 0.2) is 24.3 Å². The molecule has 1 aliphatic rings. The molecule has 0 bridgehead atoms. The molecule has 1 N–H and O–H groups in total. The molecule has 106 valence electrons. The second-order valence-electron chi connectivity index (χ2n) is 5.47. The van der Waals surface area contributed by atoms with Crippen LogP contribution in [0.2, 0.25) is 0 Å². The Morgan fingerprint density at radius 2 is 1.89 bits per heavy atom. The minimum atomic E-state index is 0.649. The third-order valence-electron chi connectivity index (χ3n) is 4.30. The predicted molar refractivity (Wildman–Crippen MR) is 77.8 cm³/mol. The average Bonchev–Trinajstić information content (AvgIpc) is 2.76. The largest absolute Gasteiger partial charge is 0.493 e. The van der Waals surface area contributed by atoms with Gasteiger partial charge in [-0.15, -0.1) is 0 Å². The molecule has 3 nitrogen and oxygen atoms in total. The van der Waals surface area contributed by atoms with Gasteiger partial charge in [-0.05, 0) is 36.8 Å². The summed E-state index contributed by atoms with van der Waals surface area (Å²) >= 11 is 0. The van der Waals surface area contributed by atoms with E-state index in [1.165, 1.54) is 12.8 Å². The third-order valence-corrected chi connectivity index (χ3v) is 4.30. The van der Waals surface area contributed by atoms with Gasteiger partial charge in [-0.2, -0.15) is 0 Å². The Morgan fingerprint density at radius 3 is 2.53 bits per heavy atom. The van der Waals surface area contributed by atoms with Crippen molar-refractivity contribution in [3.8, 4) is 11.5 Å². The van der Waals surface area contributed by atoms with E-state index in [1.807, 2.05) is 24.3 Å². The van der Waals surface area contributed by atoms with Gasteiger partial charge in [0.2, 0.25) is 0 Å². The molecule has 2 rings (SSSR count). The maximum Gasteiger partial charge on any atom is 0.161 e. The maximum atomic E-state index is 5.76. The molecule has 1 aromatic rings. The van der Waals surface area contributed by atoms with Crippen LogP contribution >= 0.6 is 0 Å². The molecule has 0 saturated heterocycles. The summed E-state index contributed by atoms with van der Waals surface area (Å²) in [6, 6.07) is 8.43. The molecule has 0 heterocycles. The highest BCUT2D eigenvalue weighted by atomic mass is 16.5. The lowest BCUT2D eigenvalue weighted by Crippen LogP contribution is -2.35. The zero-order valence-electron chi connectivity index (χ0n) is 12.2. The lowest BCUT2D eigenvalue weighted by atomic mass is 9.98. The summed E-state index contributed by atoms with van der Waals surface area (Å²) in [5.41, 5.74) is 0. The predicted octanol–water partition coefficient (Wildman–Crippen LogP) is 3.10. The van der Waals surface area contributed by atoms with Crippen LogP contribution in [0, 0.1) is 11.8 Å². The lowest BCUT2D eigenvalue weighted by Gasteiger charge is -2.20. The van der Waals surface area contributed by atoms with E-state index in [2.05, 4.69) is 19.2 Å². The molecule has 19 heavy (non-hydrogen) atoms. The third kappa shape index (κ3) is 3.63. The minimum Gasteiger partial charge on any atom is -0.493 e.